The predicted octanol–water partition coefficient (Wildman–Crippen LogP) is 3.07. The number of nitrogens with one attached hydrogen (secondary N) is 1. The first-order valence-electron chi connectivity index (χ1n) is 5.21. The van der Waals surface area contributed by atoms with Gasteiger partial charge in [0.1, 0.15) is 11.6 Å². The zero-order valence-electron chi connectivity index (χ0n) is 9.34. The first-order chi connectivity index (χ1) is 8.15. The van der Waals surface area contributed by atoms with E-state index in [2.05, 4.69) is 10.3 Å². The third-order valence-electron chi connectivity index (χ3n) is 2.28. The Labute approximate surface area is 104 Å². The maximum atomic E-state index is 12.8. The fraction of sp³-hybridized carbons (Fsp3) is 0.250. The number of benzene rings is 1. The van der Waals surface area contributed by atoms with Crippen LogP contribution in [-0.4, -0.2) is 4.98 Å². The van der Waals surface area contributed by atoms with Crippen LogP contribution in [0.15, 0.2) is 28.8 Å². The highest BCUT2D eigenvalue weighted by molar-refractivity contribution is 6.31. The maximum Gasteiger partial charge on any atom is 0.208 e. The summed E-state index contributed by atoms with van der Waals surface area (Å²) in [5, 5.41) is 3.55. The molecule has 2 aromatic rings. The highest BCUT2D eigenvalue weighted by Gasteiger charge is 2.03. The highest BCUT2D eigenvalue weighted by atomic mass is 35.5. The second-order valence-corrected chi connectivity index (χ2v) is 4.11. The molecular weight excluding hydrogens is 243 g/mol. The molecule has 0 aliphatic rings. The highest BCUT2D eigenvalue weighted by Crippen LogP contribution is 2.17. The van der Waals surface area contributed by atoms with Gasteiger partial charge in [0, 0.05) is 11.6 Å². The van der Waals surface area contributed by atoms with E-state index < -0.39 is 0 Å². The number of aryl methyl sites for hydroxylation is 1. The number of hydrogen-bond donors (Lipinski definition) is 1. The molecule has 0 spiro atoms. The summed E-state index contributed by atoms with van der Waals surface area (Å²) in [6.45, 7) is 2.90. The zero-order valence-corrected chi connectivity index (χ0v) is 10.1. The molecule has 1 aromatic heterocycles. The molecule has 2 rings (SSSR count). The minimum atomic E-state index is -0.331. The number of halogens is 2. The molecule has 0 unspecified atom stereocenters. The van der Waals surface area contributed by atoms with E-state index in [0.29, 0.717) is 24.0 Å². The summed E-state index contributed by atoms with van der Waals surface area (Å²) in [4.78, 5) is 4.06. The van der Waals surface area contributed by atoms with Crippen LogP contribution in [0.3, 0.4) is 0 Å². The summed E-state index contributed by atoms with van der Waals surface area (Å²) < 4.78 is 18.1. The Morgan fingerprint density at radius 3 is 2.88 bits per heavy atom. The van der Waals surface area contributed by atoms with Gasteiger partial charge in [-0.3, -0.25) is 0 Å². The number of rotatable bonds is 4. The topological polar surface area (TPSA) is 38.1 Å². The van der Waals surface area contributed by atoms with E-state index in [0.717, 1.165) is 11.3 Å². The smallest absolute Gasteiger partial charge is 0.208 e. The Hall–Kier alpha value is -1.39. The van der Waals surface area contributed by atoms with Crippen molar-refractivity contribution in [1.29, 1.82) is 0 Å². The average Bonchev–Trinajstić information content (AvgIpc) is 2.68. The zero-order chi connectivity index (χ0) is 12.3. The van der Waals surface area contributed by atoms with E-state index in [1.807, 2.05) is 6.92 Å². The molecule has 0 saturated heterocycles. The molecule has 3 nitrogen and oxygen atoms in total. The fourth-order valence-corrected chi connectivity index (χ4v) is 1.69. The molecule has 90 valence electrons. The maximum absolute atomic E-state index is 12.8. The molecule has 1 aromatic carbocycles. The van der Waals surface area contributed by atoms with E-state index >= 15 is 0 Å². The minimum Gasteiger partial charge on any atom is -0.445 e. The summed E-state index contributed by atoms with van der Waals surface area (Å²) >= 11 is 5.90. The molecule has 0 aliphatic heterocycles. The van der Waals surface area contributed by atoms with Crippen molar-refractivity contribution < 1.29 is 8.81 Å². The van der Waals surface area contributed by atoms with Crippen molar-refractivity contribution in [2.24, 2.45) is 0 Å². The lowest BCUT2D eigenvalue weighted by molar-refractivity contribution is 0.449. The Balaban J connectivity index is 1.90. The molecule has 5 heteroatoms. The Morgan fingerprint density at radius 1 is 1.41 bits per heavy atom. The van der Waals surface area contributed by atoms with Gasteiger partial charge in [-0.2, -0.15) is 0 Å². The number of oxazole rings is 1. The summed E-state index contributed by atoms with van der Waals surface area (Å²) in [5.74, 6) is 1.07. The SMILES string of the molecule is Cc1cnc(CNCc2ccc(F)cc2Cl)o1. The fourth-order valence-electron chi connectivity index (χ4n) is 1.45. The molecular formula is C12H12ClFN2O. The molecule has 0 radical (unpaired) electrons. The number of nitrogens with zero attached hydrogens (tertiary/aromatic N) is 1. The van der Waals surface area contributed by atoms with Crippen molar-refractivity contribution in [2.75, 3.05) is 0 Å². The lowest BCUT2D eigenvalue weighted by atomic mass is 10.2. The molecule has 1 heterocycles. The van der Waals surface area contributed by atoms with Crippen LogP contribution in [-0.2, 0) is 13.1 Å². The van der Waals surface area contributed by atoms with Crippen LogP contribution < -0.4 is 5.32 Å². The second-order valence-electron chi connectivity index (χ2n) is 3.70. The monoisotopic (exact) mass is 254 g/mol. The first kappa shape index (κ1) is 12.1. The minimum absolute atomic E-state index is 0.331. The molecule has 0 atom stereocenters. The molecule has 0 fully saturated rings. The van der Waals surface area contributed by atoms with Gasteiger partial charge in [-0.15, -0.1) is 0 Å². The van der Waals surface area contributed by atoms with Crippen molar-refractivity contribution in [3.63, 3.8) is 0 Å². The normalized spacial score (nSPS) is 10.8. The third kappa shape index (κ3) is 3.28. The molecule has 0 bridgehead atoms. The summed E-state index contributed by atoms with van der Waals surface area (Å²) in [6, 6.07) is 4.34. The van der Waals surface area contributed by atoms with Gasteiger partial charge < -0.3 is 9.73 Å². The number of hydrogen-bond acceptors (Lipinski definition) is 3. The Bertz CT molecular complexity index is 513. The lowest BCUT2D eigenvalue weighted by Crippen LogP contribution is -2.13. The summed E-state index contributed by atoms with van der Waals surface area (Å²) in [5.41, 5.74) is 0.844. The lowest BCUT2D eigenvalue weighted by Gasteiger charge is -2.04. The molecule has 0 saturated carbocycles. The van der Waals surface area contributed by atoms with Gasteiger partial charge in [0.05, 0.1) is 12.7 Å². The van der Waals surface area contributed by atoms with Crippen LogP contribution in [0.1, 0.15) is 17.2 Å². The molecule has 17 heavy (non-hydrogen) atoms. The van der Waals surface area contributed by atoms with Crippen molar-refractivity contribution in [3.8, 4) is 0 Å². The molecule has 1 N–H and O–H groups in total. The van der Waals surface area contributed by atoms with Crippen LogP contribution in [0, 0.1) is 12.7 Å². The molecule has 0 aliphatic carbocycles. The predicted molar refractivity (Wildman–Crippen MR) is 63.2 cm³/mol. The van der Waals surface area contributed by atoms with E-state index in [9.17, 15) is 4.39 Å². The van der Waals surface area contributed by atoms with Crippen LogP contribution in [0.5, 0.6) is 0 Å². The average molecular weight is 255 g/mol. The van der Waals surface area contributed by atoms with E-state index in [-0.39, 0.29) is 5.82 Å². The largest absolute Gasteiger partial charge is 0.445 e. The van der Waals surface area contributed by atoms with Crippen molar-refractivity contribution in [3.05, 3.63) is 52.5 Å². The van der Waals surface area contributed by atoms with Gasteiger partial charge in [-0.05, 0) is 24.6 Å². The van der Waals surface area contributed by atoms with Gasteiger partial charge in [0.25, 0.3) is 0 Å². The van der Waals surface area contributed by atoms with Crippen molar-refractivity contribution >= 4 is 11.6 Å². The van der Waals surface area contributed by atoms with Gasteiger partial charge in [0.15, 0.2) is 0 Å². The van der Waals surface area contributed by atoms with E-state index in [1.165, 1.54) is 12.1 Å². The van der Waals surface area contributed by atoms with Crippen molar-refractivity contribution in [2.45, 2.75) is 20.0 Å². The standard InChI is InChI=1S/C12H12ClFN2O/c1-8-5-16-12(17-8)7-15-6-9-2-3-10(14)4-11(9)13/h2-5,15H,6-7H2,1H3. The molecule has 0 amide bonds. The number of aromatic nitrogens is 1. The second kappa shape index (κ2) is 5.29. The van der Waals surface area contributed by atoms with Gasteiger partial charge >= 0.3 is 0 Å². The van der Waals surface area contributed by atoms with Gasteiger partial charge in [0.2, 0.25) is 5.89 Å². The third-order valence-corrected chi connectivity index (χ3v) is 2.63. The van der Waals surface area contributed by atoms with E-state index in [4.69, 9.17) is 16.0 Å². The van der Waals surface area contributed by atoms with Crippen LogP contribution in [0.4, 0.5) is 4.39 Å². The van der Waals surface area contributed by atoms with Gasteiger partial charge in [-0.25, -0.2) is 9.37 Å². The summed E-state index contributed by atoms with van der Waals surface area (Å²) in [7, 11) is 0. The first-order valence-corrected chi connectivity index (χ1v) is 5.59. The van der Waals surface area contributed by atoms with Crippen molar-refractivity contribution in [1.82, 2.24) is 10.3 Å². The van der Waals surface area contributed by atoms with Crippen LogP contribution >= 0.6 is 11.6 Å². The van der Waals surface area contributed by atoms with Crippen LogP contribution in [0.2, 0.25) is 5.02 Å². The quantitative estimate of drug-likeness (QED) is 0.911. The summed E-state index contributed by atoms with van der Waals surface area (Å²) in [6.07, 6.45) is 1.67. The van der Waals surface area contributed by atoms with Gasteiger partial charge in [-0.1, -0.05) is 17.7 Å². The Morgan fingerprint density at radius 2 is 2.24 bits per heavy atom. The Kier molecular flexibility index (Phi) is 3.76. The van der Waals surface area contributed by atoms with E-state index in [1.54, 1.807) is 12.3 Å². The van der Waals surface area contributed by atoms with Crippen LogP contribution in [0.25, 0.3) is 0 Å².